The number of sulfonamides is 1. The van der Waals surface area contributed by atoms with Crippen LogP contribution in [0.2, 0.25) is 0 Å². The average molecular weight is 379 g/mol. The molecule has 0 bridgehead atoms. The Morgan fingerprint density at radius 3 is 2.70 bits per heavy atom. The van der Waals surface area contributed by atoms with Crippen molar-refractivity contribution < 1.29 is 17.9 Å². The summed E-state index contributed by atoms with van der Waals surface area (Å²) < 4.78 is 32.2. The molecule has 0 spiro atoms. The lowest BCUT2D eigenvalue weighted by atomic mass is 10.4. The van der Waals surface area contributed by atoms with Gasteiger partial charge in [-0.05, 0) is 41.1 Å². The van der Waals surface area contributed by atoms with Crippen molar-refractivity contribution in [2.45, 2.75) is 11.1 Å². The van der Waals surface area contributed by atoms with Gasteiger partial charge in [0, 0.05) is 5.69 Å². The summed E-state index contributed by atoms with van der Waals surface area (Å²) in [5.41, 5.74) is 0.888. The van der Waals surface area contributed by atoms with Gasteiger partial charge >= 0.3 is 5.97 Å². The molecule has 0 radical (unpaired) electrons. The first-order chi connectivity index (χ1) is 9.33. The molecule has 6 nitrogen and oxygen atoms in total. The molecule has 0 saturated heterocycles. The summed E-state index contributed by atoms with van der Waals surface area (Å²) in [5, 5.41) is 0. The van der Waals surface area contributed by atoms with Crippen molar-refractivity contribution in [3.05, 3.63) is 33.4 Å². The van der Waals surface area contributed by atoms with Gasteiger partial charge in [-0.15, -0.1) is 11.3 Å². The number of carbonyl (C=O) groups excluding carboxylic acids is 1. The molecule has 0 aliphatic heterocycles. The van der Waals surface area contributed by atoms with Crippen LogP contribution in [0, 0.1) is 6.92 Å². The number of nitrogens with one attached hydrogen (secondary N) is 2. The summed E-state index contributed by atoms with van der Waals surface area (Å²) in [6.07, 6.45) is 0. The fourth-order valence-corrected chi connectivity index (χ4v) is 4.64. The normalized spacial score (nSPS) is 11.3. The summed E-state index contributed by atoms with van der Waals surface area (Å²) in [5.74, 6) is -0.636. The second-order valence-corrected chi connectivity index (χ2v) is 8.27. The molecule has 2 aromatic heterocycles. The van der Waals surface area contributed by atoms with Gasteiger partial charge in [-0.25, -0.2) is 13.2 Å². The van der Waals surface area contributed by atoms with Crippen LogP contribution in [-0.4, -0.2) is 26.5 Å². The SMILES string of the molecule is COC(=O)c1[nH]c(C)cc1NS(=O)(=O)c1ccc(Br)s1. The van der Waals surface area contributed by atoms with Crippen LogP contribution in [0.5, 0.6) is 0 Å². The van der Waals surface area contributed by atoms with E-state index in [0.717, 1.165) is 11.3 Å². The van der Waals surface area contributed by atoms with E-state index in [1.807, 2.05) is 0 Å². The fraction of sp³-hybridized carbons (Fsp3) is 0.182. The predicted molar refractivity (Wildman–Crippen MR) is 79.7 cm³/mol. The smallest absolute Gasteiger partial charge is 0.356 e. The van der Waals surface area contributed by atoms with Gasteiger partial charge in [0.2, 0.25) is 0 Å². The van der Waals surface area contributed by atoms with Crippen LogP contribution in [-0.2, 0) is 14.8 Å². The van der Waals surface area contributed by atoms with Crippen LogP contribution in [0.1, 0.15) is 16.2 Å². The van der Waals surface area contributed by atoms with E-state index in [4.69, 9.17) is 0 Å². The highest BCUT2D eigenvalue weighted by Crippen LogP contribution is 2.28. The van der Waals surface area contributed by atoms with Gasteiger partial charge in [-0.2, -0.15) is 0 Å². The first kappa shape index (κ1) is 15.1. The molecule has 2 aromatic rings. The average Bonchev–Trinajstić information content (AvgIpc) is 2.95. The van der Waals surface area contributed by atoms with Crippen LogP contribution in [0.15, 0.2) is 26.2 Å². The van der Waals surface area contributed by atoms with Crippen molar-refractivity contribution in [3.63, 3.8) is 0 Å². The Hall–Kier alpha value is -1.32. The summed E-state index contributed by atoms with van der Waals surface area (Å²) in [7, 11) is -2.50. The Morgan fingerprint density at radius 2 is 2.15 bits per heavy atom. The van der Waals surface area contributed by atoms with Crippen molar-refractivity contribution >= 4 is 48.9 Å². The molecular weight excluding hydrogens is 368 g/mol. The van der Waals surface area contributed by atoms with Crippen LogP contribution in [0.25, 0.3) is 0 Å². The Balaban J connectivity index is 2.37. The Kier molecular flexibility index (Phi) is 4.21. The molecule has 0 aromatic carbocycles. The summed E-state index contributed by atoms with van der Waals surface area (Å²) in [6, 6.07) is 4.66. The van der Waals surface area contributed by atoms with E-state index in [-0.39, 0.29) is 15.6 Å². The lowest BCUT2D eigenvalue weighted by Crippen LogP contribution is -2.14. The van der Waals surface area contributed by atoms with Crippen LogP contribution < -0.4 is 4.72 Å². The van der Waals surface area contributed by atoms with Crippen LogP contribution >= 0.6 is 27.3 Å². The van der Waals surface area contributed by atoms with Gasteiger partial charge in [0.15, 0.2) is 0 Å². The summed E-state index contributed by atoms with van der Waals surface area (Å²) >= 11 is 4.29. The van der Waals surface area contributed by atoms with E-state index < -0.39 is 16.0 Å². The number of esters is 1. The number of aryl methyl sites for hydroxylation is 1. The molecule has 0 amide bonds. The van der Waals surface area contributed by atoms with E-state index in [1.165, 1.54) is 19.2 Å². The van der Waals surface area contributed by atoms with Crippen molar-refractivity contribution in [2.75, 3.05) is 11.8 Å². The highest BCUT2D eigenvalue weighted by Gasteiger charge is 2.22. The first-order valence-corrected chi connectivity index (χ1v) is 8.49. The molecule has 0 aliphatic carbocycles. The standard InChI is InChI=1S/C11H11BrN2O4S2/c1-6-5-7(10(13-6)11(15)18-2)14-20(16,17)9-4-3-8(12)19-9/h3-5,13-14H,1-2H3. The number of aromatic amines is 1. The molecule has 0 saturated carbocycles. The third kappa shape index (κ3) is 3.05. The van der Waals surface area contributed by atoms with Crippen molar-refractivity contribution in [1.29, 1.82) is 0 Å². The minimum atomic E-state index is -3.73. The van der Waals surface area contributed by atoms with Gasteiger partial charge in [0.1, 0.15) is 9.90 Å². The highest BCUT2D eigenvalue weighted by atomic mass is 79.9. The fourth-order valence-electron chi connectivity index (χ4n) is 1.57. The zero-order valence-corrected chi connectivity index (χ0v) is 13.8. The van der Waals surface area contributed by atoms with E-state index in [1.54, 1.807) is 13.0 Å². The maximum atomic E-state index is 12.2. The predicted octanol–water partition coefficient (Wildman–Crippen LogP) is 2.73. The number of rotatable bonds is 4. The summed E-state index contributed by atoms with van der Waals surface area (Å²) in [4.78, 5) is 14.3. The van der Waals surface area contributed by atoms with E-state index in [0.29, 0.717) is 9.48 Å². The number of ether oxygens (including phenoxy) is 1. The number of aromatic nitrogens is 1. The highest BCUT2D eigenvalue weighted by molar-refractivity contribution is 9.11. The third-order valence-corrected chi connectivity index (χ3v) is 5.88. The molecule has 9 heteroatoms. The number of methoxy groups -OCH3 is 1. The van der Waals surface area contributed by atoms with Crippen LogP contribution in [0.3, 0.4) is 0 Å². The van der Waals surface area contributed by atoms with E-state index >= 15 is 0 Å². The third-order valence-electron chi connectivity index (χ3n) is 2.40. The number of anilines is 1. The number of hydrogen-bond acceptors (Lipinski definition) is 5. The number of H-pyrrole nitrogens is 1. The molecule has 0 fully saturated rings. The minimum Gasteiger partial charge on any atom is -0.464 e. The molecule has 0 unspecified atom stereocenters. The molecule has 2 heterocycles. The molecule has 20 heavy (non-hydrogen) atoms. The van der Waals surface area contributed by atoms with E-state index in [2.05, 4.69) is 30.4 Å². The van der Waals surface area contributed by atoms with Crippen molar-refractivity contribution in [3.8, 4) is 0 Å². The lowest BCUT2D eigenvalue weighted by molar-refractivity contribution is 0.0596. The summed E-state index contributed by atoms with van der Waals surface area (Å²) in [6.45, 7) is 1.71. The second kappa shape index (κ2) is 5.58. The quantitative estimate of drug-likeness (QED) is 0.800. The molecule has 108 valence electrons. The molecule has 2 rings (SSSR count). The second-order valence-electron chi connectivity index (χ2n) is 3.90. The lowest BCUT2D eigenvalue weighted by Gasteiger charge is -2.06. The Labute approximate surface area is 128 Å². The van der Waals surface area contributed by atoms with Gasteiger partial charge in [-0.3, -0.25) is 4.72 Å². The largest absolute Gasteiger partial charge is 0.464 e. The topological polar surface area (TPSA) is 88.3 Å². The van der Waals surface area contributed by atoms with Gasteiger partial charge in [0.05, 0.1) is 16.6 Å². The van der Waals surface area contributed by atoms with Crippen molar-refractivity contribution in [2.24, 2.45) is 0 Å². The maximum absolute atomic E-state index is 12.2. The monoisotopic (exact) mass is 378 g/mol. The number of carbonyl (C=O) groups is 1. The number of hydrogen-bond donors (Lipinski definition) is 2. The minimum absolute atomic E-state index is 0.0733. The van der Waals surface area contributed by atoms with Gasteiger partial charge < -0.3 is 9.72 Å². The first-order valence-electron chi connectivity index (χ1n) is 5.39. The molecule has 0 aliphatic rings. The number of halogens is 1. The zero-order chi connectivity index (χ0) is 14.9. The molecule has 0 atom stereocenters. The van der Waals surface area contributed by atoms with Crippen molar-refractivity contribution in [1.82, 2.24) is 4.98 Å². The molecular formula is C11H11BrN2O4S2. The zero-order valence-electron chi connectivity index (χ0n) is 10.6. The molecule has 2 N–H and O–H groups in total. The Bertz CT molecular complexity index is 748. The van der Waals surface area contributed by atoms with Gasteiger partial charge in [0.25, 0.3) is 10.0 Å². The Morgan fingerprint density at radius 1 is 1.45 bits per heavy atom. The van der Waals surface area contributed by atoms with Crippen LogP contribution in [0.4, 0.5) is 5.69 Å². The maximum Gasteiger partial charge on any atom is 0.356 e. The number of thiophene rings is 1. The van der Waals surface area contributed by atoms with E-state index in [9.17, 15) is 13.2 Å². The van der Waals surface area contributed by atoms with Gasteiger partial charge in [-0.1, -0.05) is 0 Å².